The lowest BCUT2D eigenvalue weighted by Crippen LogP contribution is -1.90. The molecule has 0 aliphatic carbocycles. The topological polar surface area (TPSA) is 25.8 Å². The maximum atomic E-state index is 4.27. The van der Waals surface area contributed by atoms with Gasteiger partial charge >= 0.3 is 0 Å². The predicted octanol–water partition coefficient (Wildman–Crippen LogP) is 3.39. The number of aromatic nitrogens is 2. The van der Waals surface area contributed by atoms with Crippen LogP contribution in [0.5, 0.6) is 0 Å². The molecule has 0 saturated carbocycles. The van der Waals surface area contributed by atoms with Gasteiger partial charge in [-0.05, 0) is 46.4 Å². The summed E-state index contributed by atoms with van der Waals surface area (Å²) in [5.41, 5.74) is 2.67. The van der Waals surface area contributed by atoms with E-state index in [1.807, 2.05) is 0 Å². The highest BCUT2D eigenvalue weighted by atomic mass is 79.9. The average molecular weight is 283 g/mol. The predicted molar refractivity (Wildman–Crippen MR) is 66.2 cm³/mol. The van der Waals surface area contributed by atoms with Gasteiger partial charge in [0, 0.05) is 6.42 Å². The van der Waals surface area contributed by atoms with Gasteiger partial charge in [-0.2, -0.15) is 4.37 Å². The Labute approximate surface area is 102 Å². The highest BCUT2D eigenvalue weighted by molar-refractivity contribution is 9.10. The van der Waals surface area contributed by atoms with E-state index >= 15 is 0 Å². The zero-order chi connectivity index (χ0) is 10.7. The van der Waals surface area contributed by atoms with Gasteiger partial charge < -0.3 is 0 Å². The minimum Gasteiger partial charge on any atom is -0.214 e. The Morgan fingerprint density at radius 3 is 2.87 bits per heavy atom. The molecule has 2 aromatic rings. The number of halogens is 1. The Morgan fingerprint density at radius 1 is 1.33 bits per heavy atom. The molecule has 0 N–H and O–H groups in total. The van der Waals surface area contributed by atoms with Crippen LogP contribution in [0.25, 0.3) is 0 Å². The van der Waals surface area contributed by atoms with E-state index in [-0.39, 0.29) is 0 Å². The fourth-order valence-electron chi connectivity index (χ4n) is 1.45. The van der Waals surface area contributed by atoms with Crippen molar-refractivity contribution < 1.29 is 0 Å². The summed E-state index contributed by atoms with van der Waals surface area (Å²) in [6, 6.07) is 8.59. The molecule has 0 bridgehead atoms. The van der Waals surface area contributed by atoms with Crippen molar-refractivity contribution in [3.8, 4) is 0 Å². The molecular formula is C11H11BrN2S. The fourth-order valence-corrected chi connectivity index (χ4v) is 2.55. The van der Waals surface area contributed by atoms with Gasteiger partial charge in [-0.25, -0.2) is 4.98 Å². The quantitative estimate of drug-likeness (QED) is 0.862. The highest BCUT2D eigenvalue weighted by Gasteiger charge is 2.01. The smallest absolute Gasteiger partial charge is 0.209 e. The van der Waals surface area contributed by atoms with Crippen molar-refractivity contribution in [1.82, 2.24) is 9.36 Å². The molecule has 0 aliphatic rings. The van der Waals surface area contributed by atoms with Crippen molar-refractivity contribution in [3.63, 3.8) is 0 Å². The molecule has 1 aromatic carbocycles. The van der Waals surface area contributed by atoms with Crippen LogP contribution in [0.15, 0.2) is 29.0 Å². The van der Waals surface area contributed by atoms with E-state index in [1.54, 1.807) is 0 Å². The molecule has 0 unspecified atom stereocenters. The van der Waals surface area contributed by atoms with Crippen LogP contribution in [0, 0.1) is 6.92 Å². The molecular weight excluding hydrogens is 272 g/mol. The molecule has 0 fully saturated rings. The molecule has 4 heteroatoms. The Kier molecular flexibility index (Phi) is 3.49. The first-order valence-corrected chi connectivity index (χ1v) is 6.34. The second-order valence-corrected chi connectivity index (χ2v) is 4.99. The molecule has 0 saturated heterocycles. The van der Waals surface area contributed by atoms with E-state index in [4.69, 9.17) is 0 Å². The van der Waals surface area contributed by atoms with Crippen LogP contribution in [0.4, 0.5) is 0 Å². The molecule has 0 aliphatic heterocycles. The third-order valence-electron chi connectivity index (χ3n) is 2.15. The van der Waals surface area contributed by atoms with Gasteiger partial charge in [-0.15, -0.1) is 0 Å². The van der Waals surface area contributed by atoms with Gasteiger partial charge in [0.2, 0.25) is 4.73 Å². The van der Waals surface area contributed by atoms with Crippen molar-refractivity contribution in [1.29, 1.82) is 0 Å². The van der Waals surface area contributed by atoms with E-state index in [1.165, 1.54) is 22.7 Å². The minimum atomic E-state index is 0.701. The summed E-state index contributed by atoms with van der Waals surface area (Å²) in [6.45, 7) is 2.12. The Balaban J connectivity index is 1.99. The summed E-state index contributed by atoms with van der Waals surface area (Å²) in [6.07, 6.45) is 2.00. The van der Waals surface area contributed by atoms with E-state index < -0.39 is 0 Å². The second-order valence-electron chi connectivity index (χ2n) is 3.45. The van der Waals surface area contributed by atoms with Gasteiger partial charge in [0.05, 0.1) is 0 Å². The lowest BCUT2D eigenvalue weighted by molar-refractivity contribution is 0.936. The second kappa shape index (κ2) is 4.86. The van der Waals surface area contributed by atoms with Gasteiger partial charge in [-0.3, -0.25) is 0 Å². The number of benzene rings is 1. The van der Waals surface area contributed by atoms with Crippen LogP contribution in [-0.2, 0) is 12.8 Å². The van der Waals surface area contributed by atoms with Crippen molar-refractivity contribution >= 4 is 27.5 Å². The molecule has 2 rings (SSSR count). The average Bonchev–Trinajstić information content (AvgIpc) is 2.62. The van der Waals surface area contributed by atoms with Crippen molar-refractivity contribution in [3.05, 3.63) is 45.1 Å². The van der Waals surface area contributed by atoms with E-state index in [2.05, 4.69) is 56.5 Å². The zero-order valence-electron chi connectivity index (χ0n) is 8.40. The van der Waals surface area contributed by atoms with Crippen molar-refractivity contribution in [2.24, 2.45) is 0 Å². The largest absolute Gasteiger partial charge is 0.214 e. The Hall–Kier alpha value is -0.740. The van der Waals surface area contributed by atoms with Gasteiger partial charge in [0.15, 0.2) is 0 Å². The van der Waals surface area contributed by atoms with E-state index in [9.17, 15) is 0 Å². The lowest BCUT2D eigenvalue weighted by atomic mass is 10.1. The number of rotatable bonds is 3. The zero-order valence-corrected chi connectivity index (χ0v) is 10.8. The summed E-state index contributed by atoms with van der Waals surface area (Å²) < 4.78 is 4.79. The molecule has 0 spiro atoms. The van der Waals surface area contributed by atoms with Gasteiger partial charge in [0.1, 0.15) is 5.01 Å². The third-order valence-corrected chi connectivity index (χ3v) is 3.51. The number of aryl methyl sites for hydroxylation is 3. The molecule has 0 radical (unpaired) electrons. The van der Waals surface area contributed by atoms with Crippen LogP contribution >= 0.6 is 27.5 Å². The van der Waals surface area contributed by atoms with Crippen LogP contribution in [0.2, 0.25) is 0 Å². The molecule has 1 heterocycles. The van der Waals surface area contributed by atoms with Gasteiger partial charge in [-0.1, -0.05) is 29.8 Å². The number of hydrogen-bond acceptors (Lipinski definition) is 3. The van der Waals surface area contributed by atoms with Crippen LogP contribution < -0.4 is 0 Å². The molecule has 0 amide bonds. The van der Waals surface area contributed by atoms with Crippen molar-refractivity contribution in [2.75, 3.05) is 0 Å². The molecule has 0 atom stereocenters. The maximum Gasteiger partial charge on any atom is 0.209 e. The van der Waals surface area contributed by atoms with Crippen LogP contribution in [-0.4, -0.2) is 9.36 Å². The summed E-state index contributed by atoms with van der Waals surface area (Å²) in [5.74, 6) is 0. The SMILES string of the molecule is Cc1cccc(CCc2nc(Br)ns2)c1. The summed E-state index contributed by atoms with van der Waals surface area (Å²) in [5, 5.41) is 1.09. The highest BCUT2D eigenvalue weighted by Crippen LogP contribution is 2.13. The first-order valence-electron chi connectivity index (χ1n) is 4.77. The standard InChI is InChI=1S/C11H11BrN2S/c1-8-3-2-4-9(7-8)5-6-10-13-11(12)14-15-10/h2-4,7H,5-6H2,1H3. The minimum absolute atomic E-state index is 0.701. The van der Waals surface area contributed by atoms with E-state index in [0.717, 1.165) is 17.8 Å². The number of hydrogen-bond donors (Lipinski definition) is 0. The molecule has 2 nitrogen and oxygen atoms in total. The third kappa shape index (κ3) is 3.11. The monoisotopic (exact) mass is 282 g/mol. The van der Waals surface area contributed by atoms with Gasteiger partial charge in [0.25, 0.3) is 0 Å². The molecule has 1 aromatic heterocycles. The Bertz CT molecular complexity index is 453. The summed E-state index contributed by atoms with van der Waals surface area (Å²) in [4.78, 5) is 4.27. The maximum absolute atomic E-state index is 4.27. The molecule has 78 valence electrons. The number of nitrogens with zero attached hydrogens (tertiary/aromatic N) is 2. The summed E-state index contributed by atoms with van der Waals surface area (Å²) >= 11 is 4.72. The first kappa shape index (κ1) is 10.8. The first-order chi connectivity index (χ1) is 7.24. The summed E-state index contributed by atoms with van der Waals surface area (Å²) in [7, 11) is 0. The molecule has 15 heavy (non-hydrogen) atoms. The van der Waals surface area contributed by atoms with Crippen LogP contribution in [0.3, 0.4) is 0 Å². The fraction of sp³-hybridized carbons (Fsp3) is 0.273. The Morgan fingerprint density at radius 2 is 2.20 bits per heavy atom. The lowest BCUT2D eigenvalue weighted by Gasteiger charge is -1.99. The van der Waals surface area contributed by atoms with E-state index in [0.29, 0.717) is 4.73 Å². The van der Waals surface area contributed by atoms with Crippen molar-refractivity contribution in [2.45, 2.75) is 19.8 Å². The van der Waals surface area contributed by atoms with Crippen LogP contribution in [0.1, 0.15) is 16.1 Å². The normalized spacial score (nSPS) is 10.5.